The fourth-order valence-corrected chi connectivity index (χ4v) is 2.73. The number of nitrogens with one attached hydrogen (secondary N) is 2. The Bertz CT molecular complexity index is 945. The minimum absolute atomic E-state index is 0.225. The van der Waals surface area contributed by atoms with E-state index in [4.69, 9.17) is 16.3 Å². The molecule has 3 aromatic rings. The predicted molar refractivity (Wildman–Crippen MR) is 106 cm³/mol. The highest BCUT2D eigenvalue weighted by Crippen LogP contribution is 2.28. The molecule has 0 spiro atoms. The first-order valence-electron chi connectivity index (χ1n) is 8.32. The monoisotopic (exact) mass is 382 g/mol. The Labute approximate surface area is 162 Å². The van der Waals surface area contributed by atoms with Crippen molar-refractivity contribution in [1.82, 2.24) is 15.3 Å². The van der Waals surface area contributed by atoms with Crippen LogP contribution in [0, 0.1) is 6.92 Å². The van der Waals surface area contributed by atoms with Crippen LogP contribution in [0.5, 0.6) is 5.75 Å². The van der Waals surface area contributed by atoms with E-state index < -0.39 is 0 Å². The van der Waals surface area contributed by atoms with E-state index in [-0.39, 0.29) is 5.91 Å². The zero-order valence-corrected chi connectivity index (χ0v) is 15.7. The number of rotatable bonds is 6. The summed E-state index contributed by atoms with van der Waals surface area (Å²) in [5, 5.41) is 6.39. The van der Waals surface area contributed by atoms with E-state index in [1.54, 1.807) is 25.3 Å². The lowest BCUT2D eigenvalue weighted by Crippen LogP contribution is -2.23. The van der Waals surface area contributed by atoms with Crippen LogP contribution in [-0.2, 0) is 6.54 Å². The molecule has 0 unspecified atom stereocenters. The molecule has 1 heterocycles. The standard InChI is InChI=1S/C20H19ClN4O2/c1-13-5-3-4-6-14(13)10-22-19(26)15-11-23-20(24-12-15)25-16-7-8-18(27-2)17(21)9-16/h3-9,11-12H,10H2,1-2H3,(H,22,26)(H,23,24,25). The molecule has 7 heteroatoms. The average Bonchev–Trinajstić information content (AvgIpc) is 2.68. The second-order valence-electron chi connectivity index (χ2n) is 5.88. The molecule has 3 rings (SSSR count). The highest BCUT2D eigenvalue weighted by atomic mass is 35.5. The summed E-state index contributed by atoms with van der Waals surface area (Å²) in [4.78, 5) is 20.6. The zero-order valence-electron chi connectivity index (χ0n) is 15.0. The van der Waals surface area contributed by atoms with Gasteiger partial charge in [0.05, 0.1) is 17.7 Å². The topological polar surface area (TPSA) is 76.1 Å². The largest absolute Gasteiger partial charge is 0.495 e. The van der Waals surface area contributed by atoms with Gasteiger partial charge >= 0.3 is 0 Å². The molecule has 0 aliphatic rings. The molecule has 0 aliphatic heterocycles. The van der Waals surface area contributed by atoms with Crippen LogP contribution in [-0.4, -0.2) is 23.0 Å². The minimum Gasteiger partial charge on any atom is -0.495 e. The summed E-state index contributed by atoms with van der Waals surface area (Å²) in [6.45, 7) is 2.46. The number of nitrogens with zero attached hydrogens (tertiary/aromatic N) is 2. The maximum absolute atomic E-state index is 12.3. The molecule has 138 valence electrons. The highest BCUT2D eigenvalue weighted by molar-refractivity contribution is 6.32. The van der Waals surface area contributed by atoms with Crippen LogP contribution in [0.2, 0.25) is 5.02 Å². The Balaban J connectivity index is 1.62. The van der Waals surface area contributed by atoms with Gasteiger partial charge in [0.1, 0.15) is 5.75 Å². The van der Waals surface area contributed by atoms with Crippen LogP contribution < -0.4 is 15.4 Å². The van der Waals surface area contributed by atoms with Gasteiger partial charge in [-0.05, 0) is 36.2 Å². The van der Waals surface area contributed by atoms with Gasteiger partial charge in [-0.2, -0.15) is 0 Å². The van der Waals surface area contributed by atoms with E-state index >= 15 is 0 Å². The summed E-state index contributed by atoms with van der Waals surface area (Å²) in [7, 11) is 1.56. The van der Waals surface area contributed by atoms with Gasteiger partial charge in [-0.1, -0.05) is 35.9 Å². The normalized spacial score (nSPS) is 10.3. The lowest BCUT2D eigenvalue weighted by Gasteiger charge is -2.09. The number of halogens is 1. The zero-order chi connectivity index (χ0) is 19.2. The van der Waals surface area contributed by atoms with Crippen LogP contribution in [0.25, 0.3) is 0 Å². The van der Waals surface area contributed by atoms with Crippen molar-refractivity contribution in [2.24, 2.45) is 0 Å². The first-order chi connectivity index (χ1) is 13.1. The number of benzene rings is 2. The Morgan fingerprint density at radius 3 is 2.56 bits per heavy atom. The predicted octanol–water partition coefficient (Wildman–Crippen LogP) is 4.12. The first kappa shape index (κ1) is 18.7. The van der Waals surface area contributed by atoms with Crippen molar-refractivity contribution in [2.45, 2.75) is 13.5 Å². The van der Waals surface area contributed by atoms with Crippen molar-refractivity contribution < 1.29 is 9.53 Å². The Morgan fingerprint density at radius 2 is 1.89 bits per heavy atom. The molecule has 1 aromatic heterocycles. The van der Waals surface area contributed by atoms with E-state index in [2.05, 4.69) is 20.6 Å². The number of aromatic nitrogens is 2. The molecular formula is C20H19ClN4O2. The van der Waals surface area contributed by atoms with Crippen LogP contribution in [0.15, 0.2) is 54.9 Å². The van der Waals surface area contributed by atoms with Gasteiger partial charge in [-0.15, -0.1) is 0 Å². The number of hydrogen-bond acceptors (Lipinski definition) is 5. The average molecular weight is 383 g/mol. The fraction of sp³-hybridized carbons (Fsp3) is 0.150. The molecular weight excluding hydrogens is 364 g/mol. The number of ether oxygens (including phenoxy) is 1. The number of anilines is 2. The lowest BCUT2D eigenvalue weighted by molar-refractivity contribution is 0.0950. The van der Waals surface area contributed by atoms with Crippen molar-refractivity contribution in [3.8, 4) is 5.75 Å². The second-order valence-corrected chi connectivity index (χ2v) is 6.29. The minimum atomic E-state index is -0.225. The maximum atomic E-state index is 12.3. The first-order valence-corrected chi connectivity index (χ1v) is 8.70. The SMILES string of the molecule is COc1ccc(Nc2ncc(C(=O)NCc3ccccc3C)cn2)cc1Cl. The third-order valence-corrected chi connectivity index (χ3v) is 4.32. The lowest BCUT2D eigenvalue weighted by atomic mass is 10.1. The Morgan fingerprint density at radius 1 is 1.15 bits per heavy atom. The number of aryl methyl sites for hydroxylation is 1. The third-order valence-electron chi connectivity index (χ3n) is 4.02. The summed E-state index contributed by atoms with van der Waals surface area (Å²) in [5.41, 5.74) is 3.31. The summed E-state index contributed by atoms with van der Waals surface area (Å²) in [6.07, 6.45) is 2.96. The second kappa shape index (κ2) is 8.51. The molecule has 0 atom stereocenters. The summed E-state index contributed by atoms with van der Waals surface area (Å²) < 4.78 is 5.12. The molecule has 0 saturated carbocycles. The number of amides is 1. The number of carbonyl (C=O) groups excluding carboxylic acids is 1. The summed E-state index contributed by atoms with van der Waals surface area (Å²) in [5.74, 6) is 0.729. The van der Waals surface area contributed by atoms with Gasteiger partial charge in [0, 0.05) is 24.6 Å². The smallest absolute Gasteiger partial charge is 0.254 e. The quantitative estimate of drug-likeness (QED) is 0.670. The van der Waals surface area contributed by atoms with Crippen molar-refractivity contribution >= 4 is 29.1 Å². The highest BCUT2D eigenvalue weighted by Gasteiger charge is 2.09. The summed E-state index contributed by atoms with van der Waals surface area (Å²) >= 11 is 6.10. The number of carbonyl (C=O) groups is 1. The van der Waals surface area contributed by atoms with Gasteiger partial charge in [0.25, 0.3) is 5.91 Å². The molecule has 0 bridgehead atoms. The summed E-state index contributed by atoms with van der Waals surface area (Å²) in [6, 6.07) is 13.2. The van der Waals surface area contributed by atoms with Crippen molar-refractivity contribution in [2.75, 3.05) is 12.4 Å². The van der Waals surface area contributed by atoms with Crippen molar-refractivity contribution in [1.29, 1.82) is 0 Å². The number of hydrogen-bond donors (Lipinski definition) is 2. The molecule has 0 radical (unpaired) electrons. The van der Waals surface area contributed by atoms with E-state index in [9.17, 15) is 4.79 Å². The van der Waals surface area contributed by atoms with E-state index in [0.29, 0.717) is 28.8 Å². The Kier molecular flexibility index (Phi) is 5.88. The number of methoxy groups -OCH3 is 1. The van der Waals surface area contributed by atoms with Crippen LogP contribution >= 0.6 is 11.6 Å². The molecule has 0 fully saturated rings. The third kappa shape index (κ3) is 4.74. The van der Waals surface area contributed by atoms with Gasteiger partial charge in [-0.3, -0.25) is 4.79 Å². The molecule has 27 heavy (non-hydrogen) atoms. The molecule has 2 aromatic carbocycles. The van der Waals surface area contributed by atoms with E-state index in [0.717, 1.165) is 16.8 Å². The van der Waals surface area contributed by atoms with E-state index in [1.807, 2.05) is 31.2 Å². The van der Waals surface area contributed by atoms with Crippen LogP contribution in [0.3, 0.4) is 0 Å². The van der Waals surface area contributed by atoms with Gasteiger partial charge in [0.15, 0.2) is 0 Å². The molecule has 1 amide bonds. The van der Waals surface area contributed by atoms with Crippen LogP contribution in [0.1, 0.15) is 21.5 Å². The maximum Gasteiger partial charge on any atom is 0.254 e. The molecule has 6 nitrogen and oxygen atoms in total. The van der Waals surface area contributed by atoms with Crippen molar-refractivity contribution in [3.63, 3.8) is 0 Å². The molecule has 2 N–H and O–H groups in total. The van der Waals surface area contributed by atoms with E-state index in [1.165, 1.54) is 12.4 Å². The Hall–Kier alpha value is -3.12. The van der Waals surface area contributed by atoms with Crippen molar-refractivity contribution in [3.05, 3.63) is 76.6 Å². The van der Waals surface area contributed by atoms with Gasteiger partial charge in [0.2, 0.25) is 5.95 Å². The van der Waals surface area contributed by atoms with Crippen LogP contribution in [0.4, 0.5) is 11.6 Å². The molecule has 0 aliphatic carbocycles. The molecule has 0 saturated heterocycles. The fourth-order valence-electron chi connectivity index (χ4n) is 2.47. The van der Waals surface area contributed by atoms with Gasteiger partial charge < -0.3 is 15.4 Å². The van der Waals surface area contributed by atoms with Gasteiger partial charge in [-0.25, -0.2) is 9.97 Å².